The van der Waals surface area contributed by atoms with Crippen molar-refractivity contribution in [3.63, 3.8) is 0 Å². The van der Waals surface area contributed by atoms with Crippen molar-refractivity contribution in [1.82, 2.24) is 9.55 Å². The van der Waals surface area contributed by atoms with Gasteiger partial charge in [-0.3, -0.25) is 0 Å². The van der Waals surface area contributed by atoms with Gasteiger partial charge in [0, 0.05) is 12.7 Å². The van der Waals surface area contributed by atoms with E-state index >= 15 is 0 Å². The lowest BCUT2D eigenvalue weighted by atomic mass is 10.2. The summed E-state index contributed by atoms with van der Waals surface area (Å²) in [5.41, 5.74) is -1.89. The Hall–Kier alpha value is -2.55. The number of anilines is 1. The molecule has 0 atom stereocenters. The molecule has 1 aromatic heterocycles. The van der Waals surface area contributed by atoms with Gasteiger partial charge in [-0.2, -0.15) is 13.2 Å². The predicted molar refractivity (Wildman–Crippen MR) is 92.5 cm³/mol. The largest absolute Gasteiger partial charge is 0.501 e. The van der Waals surface area contributed by atoms with Crippen molar-refractivity contribution < 1.29 is 21.6 Å². The van der Waals surface area contributed by atoms with Gasteiger partial charge in [0.1, 0.15) is 5.82 Å². The zero-order valence-corrected chi connectivity index (χ0v) is 14.8. The van der Waals surface area contributed by atoms with Crippen LogP contribution in [0.4, 0.5) is 18.9 Å². The number of benzene rings is 2. The van der Waals surface area contributed by atoms with Crippen LogP contribution in [0, 0.1) is 6.92 Å². The van der Waals surface area contributed by atoms with E-state index in [2.05, 4.69) is 10.3 Å². The highest BCUT2D eigenvalue weighted by Crippen LogP contribution is 2.30. The Balaban J connectivity index is 1.78. The van der Waals surface area contributed by atoms with Crippen LogP contribution in [0.25, 0.3) is 11.0 Å². The summed E-state index contributed by atoms with van der Waals surface area (Å²) in [5, 5.41) is 3.04. The number of nitrogens with zero attached hydrogens (tertiary/aromatic N) is 2. The zero-order chi connectivity index (χ0) is 19.1. The van der Waals surface area contributed by atoms with Crippen LogP contribution in [0.2, 0.25) is 0 Å². The summed E-state index contributed by atoms with van der Waals surface area (Å²) in [5.74, 6) is 0.748. The fourth-order valence-corrected chi connectivity index (χ4v) is 3.35. The lowest BCUT2D eigenvalue weighted by Gasteiger charge is -2.10. The van der Waals surface area contributed by atoms with E-state index in [1.807, 2.05) is 36.7 Å². The van der Waals surface area contributed by atoms with Gasteiger partial charge in [0.25, 0.3) is 9.84 Å². The van der Waals surface area contributed by atoms with Gasteiger partial charge in [-0.1, -0.05) is 6.07 Å². The van der Waals surface area contributed by atoms with Crippen LogP contribution in [-0.4, -0.2) is 23.5 Å². The first-order valence-corrected chi connectivity index (χ1v) is 9.15. The topological polar surface area (TPSA) is 64.0 Å². The van der Waals surface area contributed by atoms with Crippen molar-refractivity contribution in [3.05, 3.63) is 53.9 Å². The molecule has 0 aliphatic heterocycles. The second kappa shape index (κ2) is 6.31. The van der Waals surface area contributed by atoms with Crippen LogP contribution in [0.15, 0.2) is 47.4 Å². The molecule has 0 aliphatic carbocycles. The Morgan fingerprint density at radius 1 is 1.12 bits per heavy atom. The van der Waals surface area contributed by atoms with Crippen LogP contribution in [0.5, 0.6) is 0 Å². The number of rotatable bonds is 4. The van der Waals surface area contributed by atoms with E-state index in [1.54, 1.807) is 0 Å². The third-order valence-electron chi connectivity index (χ3n) is 4.05. The molecule has 1 heterocycles. The molecule has 0 aliphatic rings. The number of nitrogens with one attached hydrogen (secondary N) is 1. The fourth-order valence-electron chi connectivity index (χ4n) is 2.58. The fraction of sp³-hybridized carbons (Fsp3) is 0.235. The molecule has 26 heavy (non-hydrogen) atoms. The SMILES string of the molecule is Cc1ccc2c(c1)nc(CNc1ccc(S(=O)(=O)C(F)(F)F)cc1)n2C. The van der Waals surface area contributed by atoms with E-state index in [9.17, 15) is 21.6 Å². The Labute approximate surface area is 148 Å². The lowest BCUT2D eigenvalue weighted by Crippen LogP contribution is -2.23. The highest BCUT2D eigenvalue weighted by atomic mass is 32.2. The first-order valence-electron chi connectivity index (χ1n) is 7.67. The van der Waals surface area contributed by atoms with Gasteiger partial charge in [0.15, 0.2) is 0 Å². The summed E-state index contributed by atoms with van der Waals surface area (Å²) in [6.45, 7) is 2.32. The smallest absolute Gasteiger partial charge is 0.378 e. The summed E-state index contributed by atoms with van der Waals surface area (Å²) in [6, 6.07) is 10.4. The average Bonchev–Trinajstić information content (AvgIpc) is 2.87. The molecule has 0 spiro atoms. The minimum absolute atomic E-state index is 0.343. The van der Waals surface area contributed by atoms with Crippen molar-refractivity contribution in [1.29, 1.82) is 0 Å². The standard InChI is InChI=1S/C17H16F3N3O2S/c1-11-3-8-15-14(9-11)22-16(23(15)2)10-21-12-4-6-13(7-5-12)26(24,25)17(18,19)20/h3-9,21H,10H2,1-2H3. The van der Waals surface area contributed by atoms with Gasteiger partial charge < -0.3 is 9.88 Å². The van der Waals surface area contributed by atoms with Gasteiger partial charge in [-0.25, -0.2) is 13.4 Å². The number of imidazole rings is 1. The molecule has 2 aromatic carbocycles. The van der Waals surface area contributed by atoms with Gasteiger partial charge >= 0.3 is 5.51 Å². The number of alkyl halides is 3. The van der Waals surface area contributed by atoms with Crippen LogP contribution >= 0.6 is 0 Å². The molecule has 1 N–H and O–H groups in total. The summed E-state index contributed by atoms with van der Waals surface area (Å²) in [6.07, 6.45) is 0. The number of hydrogen-bond donors (Lipinski definition) is 1. The molecular formula is C17H16F3N3O2S. The molecule has 9 heteroatoms. The van der Waals surface area contributed by atoms with E-state index in [4.69, 9.17) is 0 Å². The normalized spacial score (nSPS) is 12.5. The zero-order valence-electron chi connectivity index (χ0n) is 14.0. The number of aryl methyl sites for hydroxylation is 2. The third kappa shape index (κ3) is 3.26. The number of sulfone groups is 1. The highest BCUT2D eigenvalue weighted by molar-refractivity contribution is 7.92. The summed E-state index contributed by atoms with van der Waals surface area (Å²) in [7, 11) is -3.46. The second-order valence-electron chi connectivity index (χ2n) is 5.91. The molecule has 0 saturated carbocycles. The first kappa shape index (κ1) is 18.2. The molecule has 0 radical (unpaired) electrons. The molecule has 3 aromatic rings. The Morgan fingerprint density at radius 2 is 1.77 bits per heavy atom. The minimum atomic E-state index is -5.33. The van der Waals surface area contributed by atoms with Crippen molar-refractivity contribution in [2.75, 3.05) is 5.32 Å². The number of halogens is 3. The summed E-state index contributed by atoms with van der Waals surface area (Å²) < 4.78 is 62.3. The van der Waals surface area contributed by atoms with Crippen LogP contribution in [0.1, 0.15) is 11.4 Å². The summed E-state index contributed by atoms with van der Waals surface area (Å²) in [4.78, 5) is 3.75. The van der Waals surface area contributed by atoms with Gasteiger partial charge in [-0.15, -0.1) is 0 Å². The van der Waals surface area contributed by atoms with Gasteiger partial charge in [0.05, 0.1) is 22.5 Å². The Morgan fingerprint density at radius 3 is 2.38 bits per heavy atom. The third-order valence-corrected chi connectivity index (χ3v) is 5.55. The van der Waals surface area contributed by atoms with Crippen molar-refractivity contribution >= 4 is 26.6 Å². The second-order valence-corrected chi connectivity index (χ2v) is 7.85. The van der Waals surface area contributed by atoms with Crippen molar-refractivity contribution in [3.8, 4) is 0 Å². The molecule has 0 amide bonds. The molecular weight excluding hydrogens is 367 g/mol. The Kier molecular flexibility index (Phi) is 4.43. The van der Waals surface area contributed by atoms with E-state index in [0.717, 1.165) is 34.6 Å². The van der Waals surface area contributed by atoms with Crippen molar-refractivity contribution in [2.24, 2.45) is 7.05 Å². The molecule has 3 rings (SSSR count). The number of hydrogen-bond acceptors (Lipinski definition) is 4. The number of aromatic nitrogens is 2. The van der Waals surface area contributed by atoms with Gasteiger partial charge in [-0.05, 0) is 48.9 Å². The van der Waals surface area contributed by atoms with Crippen LogP contribution in [-0.2, 0) is 23.4 Å². The first-order chi connectivity index (χ1) is 12.1. The van der Waals surface area contributed by atoms with Crippen molar-refractivity contribution in [2.45, 2.75) is 23.9 Å². The molecule has 138 valence electrons. The lowest BCUT2D eigenvalue weighted by molar-refractivity contribution is -0.0436. The molecule has 5 nitrogen and oxygen atoms in total. The van der Waals surface area contributed by atoms with E-state index in [0.29, 0.717) is 12.2 Å². The summed E-state index contributed by atoms with van der Waals surface area (Å²) >= 11 is 0. The van der Waals surface area contributed by atoms with E-state index < -0.39 is 20.2 Å². The van der Waals surface area contributed by atoms with Crippen LogP contribution < -0.4 is 5.32 Å². The quantitative estimate of drug-likeness (QED) is 0.745. The predicted octanol–water partition coefficient (Wildman–Crippen LogP) is 3.79. The molecule has 0 bridgehead atoms. The average molecular weight is 383 g/mol. The molecule has 0 unspecified atom stereocenters. The maximum absolute atomic E-state index is 12.5. The molecule has 0 saturated heterocycles. The van der Waals surface area contributed by atoms with E-state index in [1.165, 1.54) is 12.1 Å². The Bertz CT molecular complexity index is 1060. The maximum atomic E-state index is 12.5. The number of fused-ring (bicyclic) bond motifs is 1. The van der Waals surface area contributed by atoms with Crippen LogP contribution in [0.3, 0.4) is 0 Å². The highest BCUT2D eigenvalue weighted by Gasteiger charge is 2.46. The van der Waals surface area contributed by atoms with E-state index in [-0.39, 0.29) is 0 Å². The van der Waals surface area contributed by atoms with Gasteiger partial charge in [0.2, 0.25) is 0 Å². The molecule has 0 fully saturated rings. The monoisotopic (exact) mass is 383 g/mol. The minimum Gasteiger partial charge on any atom is -0.378 e. The maximum Gasteiger partial charge on any atom is 0.501 e.